The van der Waals surface area contributed by atoms with Crippen LogP contribution < -0.4 is 16.4 Å². The first-order chi connectivity index (χ1) is 13.9. The van der Waals surface area contributed by atoms with Crippen LogP contribution in [-0.4, -0.2) is 23.4 Å². The molecule has 4 rings (SSSR count). The molecule has 1 saturated carbocycles. The average molecular weight is 390 g/mol. The van der Waals surface area contributed by atoms with Crippen LogP contribution in [0.3, 0.4) is 0 Å². The Morgan fingerprint density at radius 2 is 1.69 bits per heavy atom. The predicted molar refractivity (Wildman–Crippen MR) is 117 cm³/mol. The van der Waals surface area contributed by atoms with Gasteiger partial charge >= 0.3 is 0 Å². The minimum Gasteiger partial charge on any atom is -0.369 e. The van der Waals surface area contributed by atoms with Crippen molar-refractivity contribution in [2.75, 3.05) is 4.90 Å². The summed E-state index contributed by atoms with van der Waals surface area (Å²) in [4.78, 5) is 24.0. The average Bonchev–Trinajstić information content (AvgIpc) is 2.69. The van der Waals surface area contributed by atoms with E-state index in [-0.39, 0.29) is 11.7 Å². The Hall–Kier alpha value is -3.15. The largest absolute Gasteiger partial charge is 0.369 e. The highest BCUT2D eigenvalue weighted by molar-refractivity contribution is 6.11. The van der Waals surface area contributed by atoms with Gasteiger partial charge in [-0.1, -0.05) is 30.7 Å². The van der Waals surface area contributed by atoms with Gasteiger partial charge in [-0.25, -0.2) is 4.99 Å². The molecule has 2 aromatic rings. The number of carbonyl (C=O) groups excluding carboxylic acids is 1. The van der Waals surface area contributed by atoms with Crippen molar-refractivity contribution in [3.63, 3.8) is 0 Å². The molecule has 2 aromatic carbocycles. The maximum Gasteiger partial charge on any atom is 0.220 e. The molecule has 4 N–H and O–H groups in total. The number of rotatable bonds is 3. The third-order valence-corrected chi connectivity index (χ3v) is 5.99. The van der Waals surface area contributed by atoms with Crippen molar-refractivity contribution in [1.29, 1.82) is 0 Å². The van der Waals surface area contributed by atoms with Crippen molar-refractivity contribution in [3.8, 4) is 0 Å². The van der Waals surface area contributed by atoms with Crippen LogP contribution in [0.1, 0.15) is 59.2 Å². The van der Waals surface area contributed by atoms with Gasteiger partial charge in [-0.3, -0.25) is 9.69 Å². The molecule has 1 spiro atoms. The van der Waals surface area contributed by atoms with Crippen LogP contribution in [0.15, 0.2) is 52.4 Å². The van der Waals surface area contributed by atoms with Gasteiger partial charge in [0.25, 0.3) is 0 Å². The lowest BCUT2D eigenvalue weighted by atomic mass is 9.87. The number of nitrogens with zero attached hydrogens (tertiary/aromatic N) is 3. The highest BCUT2D eigenvalue weighted by Gasteiger charge is 2.42. The van der Waals surface area contributed by atoms with Crippen LogP contribution in [0, 0.1) is 13.8 Å². The molecule has 2 aliphatic rings. The number of hydrogen-bond acceptors (Lipinski definition) is 6. The Morgan fingerprint density at radius 3 is 2.41 bits per heavy atom. The summed E-state index contributed by atoms with van der Waals surface area (Å²) in [6.07, 6.45) is 5.01. The zero-order valence-electron chi connectivity index (χ0n) is 17.0. The standard InChI is InChI=1S/C23H27N5O/c1-15-9-10-18(13-16(15)2)20(29)17-7-6-8-19(14-17)28-22(25)26-21(24)27-23(28)11-4-3-5-12-23/h6-10,13-14H,3-5,11-12H2,1-2H3,(H4,24,25,26,27). The molecule has 150 valence electrons. The monoisotopic (exact) mass is 389 g/mol. The zero-order valence-corrected chi connectivity index (χ0v) is 17.0. The number of anilines is 1. The number of guanidine groups is 2. The van der Waals surface area contributed by atoms with Gasteiger partial charge in [0, 0.05) is 16.8 Å². The summed E-state index contributed by atoms with van der Waals surface area (Å²) in [5.74, 6) is 0.543. The molecular weight excluding hydrogens is 362 g/mol. The zero-order chi connectivity index (χ0) is 20.6. The highest BCUT2D eigenvalue weighted by atomic mass is 16.1. The normalized spacial score (nSPS) is 18.3. The summed E-state index contributed by atoms with van der Waals surface area (Å²) in [6.45, 7) is 4.06. The van der Waals surface area contributed by atoms with E-state index >= 15 is 0 Å². The summed E-state index contributed by atoms with van der Waals surface area (Å²) in [5.41, 5.74) is 16.1. The van der Waals surface area contributed by atoms with Crippen molar-refractivity contribution in [1.82, 2.24) is 0 Å². The van der Waals surface area contributed by atoms with Crippen molar-refractivity contribution in [2.24, 2.45) is 21.5 Å². The Bertz CT molecular complexity index is 1020. The second kappa shape index (κ2) is 7.35. The van der Waals surface area contributed by atoms with Crippen LogP contribution in [0.25, 0.3) is 0 Å². The van der Waals surface area contributed by atoms with E-state index in [4.69, 9.17) is 16.5 Å². The molecule has 6 heteroatoms. The fraction of sp³-hybridized carbons (Fsp3) is 0.348. The maximum atomic E-state index is 13.1. The van der Waals surface area contributed by atoms with E-state index in [1.807, 2.05) is 61.2 Å². The minimum absolute atomic E-state index is 0.0109. The van der Waals surface area contributed by atoms with Gasteiger partial charge in [-0.15, -0.1) is 0 Å². The Balaban J connectivity index is 1.73. The number of nitrogens with two attached hydrogens (primary N) is 2. The first-order valence-corrected chi connectivity index (χ1v) is 10.1. The molecule has 1 aliphatic heterocycles. The van der Waals surface area contributed by atoms with Crippen molar-refractivity contribution in [2.45, 2.75) is 51.6 Å². The Kier molecular flexibility index (Phi) is 4.86. The van der Waals surface area contributed by atoms with Gasteiger partial charge in [0.15, 0.2) is 5.78 Å². The van der Waals surface area contributed by atoms with E-state index in [0.29, 0.717) is 17.1 Å². The molecule has 0 unspecified atom stereocenters. The molecule has 6 nitrogen and oxygen atoms in total. The van der Waals surface area contributed by atoms with Crippen LogP contribution in [-0.2, 0) is 0 Å². The number of ketones is 1. The fourth-order valence-corrected chi connectivity index (χ4v) is 4.33. The van der Waals surface area contributed by atoms with Gasteiger partial charge in [-0.05, 0) is 68.9 Å². The quantitative estimate of drug-likeness (QED) is 0.783. The summed E-state index contributed by atoms with van der Waals surface area (Å²) < 4.78 is 0. The Labute approximate surface area is 171 Å². The predicted octanol–water partition coefficient (Wildman–Crippen LogP) is 3.64. The molecule has 29 heavy (non-hydrogen) atoms. The summed E-state index contributed by atoms with van der Waals surface area (Å²) in [7, 11) is 0. The van der Waals surface area contributed by atoms with Gasteiger partial charge in [0.1, 0.15) is 5.66 Å². The highest BCUT2D eigenvalue weighted by Crippen LogP contribution is 2.39. The van der Waals surface area contributed by atoms with Gasteiger partial charge < -0.3 is 11.5 Å². The van der Waals surface area contributed by atoms with E-state index < -0.39 is 5.66 Å². The molecule has 1 fully saturated rings. The second-order valence-corrected chi connectivity index (χ2v) is 8.00. The molecule has 0 bridgehead atoms. The first-order valence-electron chi connectivity index (χ1n) is 10.1. The van der Waals surface area contributed by atoms with E-state index in [9.17, 15) is 4.79 Å². The molecule has 0 amide bonds. The molecule has 1 aliphatic carbocycles. The van der Waals surface area contributed by atoms with E-state index in [1.54, 1.807) is 0 Å². The summed E-state index contributed by atoms with van der Waals surface area (Å²) >= 11 is 0. The van der Waals surface area contributed by atoms with E-state index in [0.717, 1.165) is 36.9 Å². The van der Waals surface area contributed by atoms with Crippen LogP contribution >= 0.6 is 0 Å². The summed E-state index contributed by atoms with van der Waals surface area (Å²) in [6, 6.07) is 13.4. The van der Waals surface area contributed by atoms with Gasteiger partial charge in [0.2, 0.25) is 11.9 Å². The van der Waals surface area contributed by atoms with Gasteiger partial charge in [-0.2, -0.15) is 4.99 Å². The van der Waals surface area contributed by atoms with Crippen molar-refractivity contribution in [3.05, 3.63) is 64.7 Å². The lowest BCUT2D eigenvalue weighted by Crippen LogP contribution is -2.58. The third kappa shape index (κ3) is 3.50. The maximum absolute atomic E-state index is 13.1. The smallest absolute Gasteiger partial charge is 0.220 e. The molecule has 0 radical (unpaired) electrons. The lowest BCUT2D eigenvalue weighted by Gasteiger charge is -2.45. The molecule has 1 heterocycles. The summed E-state index contributed by atoms with van der Waals surface area (Å²) in [5, 5.41) is 0. The van der Waals surface area contributed by atoms with Crippen molar-refractivity contribution >= 4 is 23.4 Å². The number of benzene rings is 2. The number of aliphatic imine (C=N–C) groups is 2. The molecule has 0 atom stereocenters. The van der Waals surface area contributed by atoms with Crippen LogP contribution in [0.4, 0.5) is 5.69 Å². The van der Waals surface area contributed by atoms with Crippen LogP contribution in [0.2, 0.25) is 0 Å². The third-order valence-electron chi connectivity index (χ3n) is 5.99. The van der Waals surface area contributed by atoms with Gasteiger partial charge in [0.05, 0.1) is 0 Å². The number of hydrogen-bond donors (Lipinski definition) is 2. The fourth-order valence-electron chi connectivity index (χ4n) is 4.33. The minimum atomic E-state index is -0.518. The topological polar surface area (TPSA) is 97.1 Å². The number of aryl methyl sites for hydroxylation is 2. The molecule has 0 aromatic heterocycles. The van der Waals surface area contributed by atoms with E-state index in [2.05, 4.69) is 4.99 Å². The lowest BCUT2D eigenvalue weighted by molar-refractivity contribution is 0.103. The first kappa shape index (κ1) is 19.2. The molecule has 0 saturated heterocycles. The second-order valence-electron chi connectivity index (χ2n) is 8.00. The Morgan fingerprint density at radius 1 is 0.966 bits per heavy atom. The SMILES string of the molecule is Cc1ccc(C(=O)c2cccc(N3C(N)=NC(N)=NC34CCCCC4)c2)cc1C. The number of carbonyl (C=O) groups is 1. The van der Waals surface area contributed by atoms with Crippen molar-refractivity contribution < 1.29 is 4.79 Å². The van der Waals surface area contributed by atoms with Crippen LogP contribution in [0.5, 0.6) is 0 Å². The molecular formula is C23H27N5O. The van der Waals surface area contributed by atoms with E-state index in [1.165, 1.54) is 12.0 Å².